The van der Waals surface area contributed by atoms with Gasteiger partial charge in [0.05, 0.1) is 16.8 Å². The molecule has 0 N–H and O–H groups in total. The van der Waals surface area contributed by atoms with Gasteiger partial charge in [0, 0.05) is 19.2 Å². The topological polar surface area (TPSA) is 43.6 Å². The Morgan fingerprint density at radius 1 is 1.15 bits per heavy atom. The van der Waals surface area contributed by atoms with Crippen LogP contribution in [0.1, 0.15) is 42.3 Å². The van der Waals surface area contributed by atoms with Gasteiger partial charge in [0.2, 0.25) is 0 Å². The Bertz CT molecular complexity index is 1020. The molecular formula is C22H26N2O2S. The second-order valence-electron chi connectivity index (χ2n) is 7.74. The summed E-state index contributed by atoms with van der Waals surface area (Å²) < 4.78 is 8.42. The number of thiazole rings is 1. The predicted octanol–water partition coefficient (Wildman–Crippen LogP) is 4.70. The van der Waals surface area contributed by atoms with Crippen molar-refractivity contribution in [2.75, 3.05) is 13.7 Å². The number of fused-ring (bicyclic) bond motifs is 1. The number of ether oxygens (including phenoxy) is 1. The third-order valence-corrected chi connectivity index (χ3v) is 5.59. The Morgan fingerprint density at radius 2 is 1.85 bits per heavy atom. The first-order chi connectivity index (χ1) is 12.8. The van der Waals surface area contributed by atoms with Crippen molar-refractivity contribution in [2.24, 2.45) is 4.99 Å². The highest BCUT2D eigenvalue weighted by Gasteiger charge is 2.14. The largest absolute Gasteiger partial charge is 0.383 e. The molecule has 0 bridgehead atoms. The van der Waals surface area contributed by atoms with Gasteiger partial charge in [-0.15, -0.1) is 0 Å². The number of amides is 1. The minimum absolute atomic E-state index is 0.0607. The Morgan fingerprint density at radius 3 is 2.48 bits per heavy atom. The number of aromatic nitrogens is 1. The van der Waals surface area contributed by atoms with Crippen LogP contribution in [-0.4, -0.2) is 24.2 Å². The maximum absolute atomic E-state index is 12.7. The second kappa shape index (κ2) is 7.79. The molecule has 3 aromatic rings. The van der Waals surface area contributed by atoms with Crippen LogP contribution in [0.2, 0.25) is 0 Å². The second-order valence-corrected chi connectivity index (χ2v) is 8.75. The molecule has 3 rings (SSSR count). The number of carbonyl (C=O) groups excluding carboxylic acids is 1. The van der Waals surface area contributed by atoms with Gasteiger partial charge in [-0.2, -0.15) is 4.99 Å². The zero-order valence-corrected chi connectivity index (χ0v) is 17.4. The lowest BCUT2D eigenvalue weighted by Crippen LogP contribution is -2.19. The highest BCUT2D eigenvalue weighted by atomic mass is 32.1. The molecule has 0 unspecified atom stereocenters. The van der Waals surface area contributed by atoms with Gasteiger partial charge in [0.25, 0.3) is 5.91 Å². The van der Waals surface area contributed by atoms with E-state index in [0.29, 0.717) is 23.5 Å². The van der Waals surface area contributed by atoms with Crippen LogP contribution in [0.25, 0.3) is 10.2 Å². The molecule has 0 spiro atoms. The lowest BCUT2D eigenvalue weighted by molar-refractivity contribution is 0.0997. The number of rotatable bonds is 4. The summed E-state index contributed by atoms with van der Waals surface area (Å²) in [6.45, 7) is 9.78. The average Bonchev–Trinajstić information content (AvgIpc) is 2.95. The van der Waals surface area contributed by atoms with Crippen LogP contribution in [0.4, 0.5) is 0 Å². The van der Waals surface area contributed by atoms with Gasteiger partial charge in [-0.1, -0.05) is 50.3 Å². The van der Waals surface area contributed by atoms with Gasteiger partial charge >= 0.3 is 0 Å². The smallest absolute Gasteiger partial charge is 0.279 e. The number of hydrogen-bond donors (Lipinski definition) is 0. The van der Waals surface area contributed by atoms with Crippen LogP contribution in [0.15, 0.2) is 47.5 Å². The molecule has 4 nitrogen and oxygen atoms in total. The Kier molecular flexibility index (Phi) is 5.63. The van der Waals surface area contributed by atoms with Gasteiger partial charge in [0.15, 0.2) is 4.80 Å². The third kappa shape index (κ3) is 4.37. The summed E-state index contributed by atoms with van der Waals surface area (Å²) in [5.74, 6) is -0.218. The van der Waals surface area contributed by atoms with E-state index in [0.717, 1.165) is 10.2 Å². The van der Waals surface area contributed by atoms with E-state index in [-0.39, 0.29) is 11.3 Å². The van der Waals surface area contributed by atoms with Crippen molar-refractivity contribution in [3.63, 3.8) is 0 Å². The van der Waals surface area contributed by atoms with Gasteiger partial charge < -0.3 is 9.30 Å². The molecule has 0 atom stereocenters. The first kappa shape index (κ1) is 19.5. The summed E-state index contributed by atoms with van der Waals surface area (Å²) in [5, 5.41) is 0. The Balaban J connectivity index is 2.02. The molecule has 0 aliphatic rings. The van der Waals surface area contributed by atoms with E-state index in [4.69, 9.17) is 4.74 Å². The number of nitrogens with zero attached hydrogens (tertiary/aromatic N) is 2. The lowest BCUT2D eigenvalue weighted by Gasteiger charge is -2.18. The maximum Gasteiger partial charge on any atom is 0.279 e. The van der Waals surface area contributed by atoms with Crippen molar-refractivity contribution in [3.05, 3.63) is 64.0 Å². The third-order valence-electron chi connectivity index (χ3n) is 4.55. The molecule has 0 radical (unpaired) electrons. The van der Waals surface area contributed by atoms with Crippen molar-refractivity contribution in [1.29, 1.82) is 0 Å². The van der Waals surface area contributed by atoms with Crippen LogP contribution in [-0.2, 0) is 16.7 Å². The molecule has 2 aromatic carbocycles. The number of carbonyl (C=O) groups is 1. The SMILES string of the molecule is COCCn1c(=NC(=O)c2ccc(C(C)(C)C)cc2)sc2cc(C)ccc21. The molecule has 1 heterocycles. The van der Waals surface area contributed by atoms with E-state index in [1.165, 1.54) is 22.5 Å². The number of hydrogen-bond acceptors (Lipinski definition) is 3. The first-order valence-electron chi connectivity index (χ1n) is 9.08. The highest BCUT2D eigenvalue weighted by molar-refractivity contribution is 7.16. The van der Waals surface area contributed by atoms with Gasteiger partial charge in [0.1, 0.15) is 0 Å². The summed E-state index contributed by atoms with van der Waals surface area (Å²) in [5.41, 5.74) is 4.14. The van der Waals surface area contributed by atoms with Gasteiger partial charge in [-0.05, 0) is 47.7 Å². The normalized spacial score (nSPS) is 12.7. The minimum atomic E-state index is -0.218. The lowest BCUT2D eigenvalue weighted by atomic mass is 9.87. The fourth-order valence-corrected chi connectivity index (χ4v) is 4.08. The van der Waals surface area contributed by atoms with Crippen LogP contribution >= 0.6 is 11.3 Å². The van der Waals surface area contributed by atoms with Crippen LogP contribution in [0.3, 0.4) is 0 Å². The summed E-state index contributed by atoms with van der Waals surface area (Å²) in [4.78, 5) is 17.9. The molecule has 27 heavy (non-hydrogen) atoms. The first-order valence-corrected chi connectivity index (χ1v) is 9.90. The van der Waals surface area contributed by atoms with Crippen LogP contribution in [0.5, 0.6) is 0 Å². The predicted molar refractivity (Wildman–Crippen MR) is 111 cm³/mol. The standard InChI is InChI=1S/C22H26N2O2S/c1-15-6-11-18-19(14-15)27-21(24(18)12-13-26-5)23-20(25)16-7-9-17(10-8-16)22(2,3)4/h6-11,14H,12-13H2,1-5H3. The summed E-state index contributed by atoms with van der Waals surface area (Å²) in [6, 6.07) is 14.0. The molecule has 0 fully saturated rings. The van der Waals surface area contributed by atoms with E-state index in [9.17, 15) is 4.79 Å². The maximum atomic E-state index is 12.7. The van der Waals surface area contributed by atoms with Crippen molar-refractivity contribution in [2.45, 2.75) is 39.7 Å². The van der Waals surface area contributed by atoms with Crippen molar-refractivity contribution < 1.29 is 9.53 Å². The molecule has 1 aromatic heterocycles. The molecular weight excluding hydrogens is 356 g/mol. The van der Waals surface area contributed by atoms with E-state index in [1.807, 2.05) is 24.3 Å². The van der Waals surface area contributed by atoms with Crippen molar-refractivity contribution in [3.8, 4) is 0 Å². The monoisotopic (exact) mass is 382 g/mol. The van der Waals surface area contributed by atoms with E-state index >= 15 is 0 Å². The molecule has 0 aliphatic carbocycles. The number of aryl methyl sites for hydroxylation is 1. The Labute approximate surface area is 164 Å². The molecule has 142 valence electrons. The van der Waals surface area contributed by atoms with E-state index in [2.05, 4.69) is 55.5 Å². The quantitative estimate of drug-likeness (QED) is 0.657. The highest BCUT2D eigenvalue weighted by Crippen LogP contribution is 2.22. The Hall–Kier alpha value is -2.24. The fourth-order valence-electron chi connectivity index (χ4n) is 2.93. The summed E-state index contributed by atoms with van der Waals surface area (Å²) in [6.07, 6.45) is 0. The van der Waals surface area contributed by atoms with Crippen molar-refractivity contribution in [1.82, 2.24) is 4.57 Å². The van der Waals surface area contributed by atoms with E-state index < -0.39 is 0 Å². The number of benzene rings is 2. The zero-order valence-electron chi connectivity index (χ0n) is 16.6. The van der Waals surface area contributed by atoms with Crippen LogP contribution < -0.4 is 4.80 Å². The molecule has 0 saturated heterocycles. The molecule has 0 saturated carbocycles. The van der Waals surface area contributed by atoms with Gasteiger partial charge in [-0.25, -0.2) is 0 Å². The molecule has 5 heteroatoms. The van der Waals surface area contributed by atoms with Crippen molar-refractivity contribution >= 4 is 27.5 Å². The molecule has 0 aliphatic heterocycles. The fraction of sp³-hybridized carbons (Fsp3) is 0.364. The summed E-state index contributed by atoms with van der Waals surface area (Å²) in [7, 11) is 1.68. The number of methoxy groups -OCH3 is 1. The minimum Gasteiger partial charge on any atom is -0.383 e. The van der Waals surface area contributed by atoms with E-state index in [1.54, 1.807) is 7.11 Å². The van der Waals surface area contributed by atoms with Crippen LogP contribution in [0, 0.1) is 6.92 Å². The molecule has 1 amide bonds. The van der Waals surface area contributed by atoms with Gasteiger partial charge in [-0.3, -0.25) is 4.79 Å². The zero-order chi connectivity index (χ0) is 19.6. The summed E-state index contributed by atoms with van der Waals surface area (Å²) >= 11 is 1.54. The average molecular weight is 383 g/mol.